The number of carboxylic acid groups (broad SMARTS) is 1. The Kier molecular flexibility index (Phi) is 51.5. The smallest absolute Gasteiger partial charge is 0.361 e. The average Bonchev–Trinajstić information content (AvgIpc) is 3.34. The highest BCUT2D eigenvalue weighted by atomic mass is 16.7. The van der Waals surface area contributed by atoms with Crippen molar-refractivity contribution in [2.75, 3.05) is 47.5 Å². The summed E-state index contributed by atoms with van der Waals surface area (Å²) >= 11 is 0. The number of rotatable bonds is 55. The van der Waals surface area contributed by atoms with Gasteiger partial charge in [-0.2, -0.15) is 0 Å². The third kappa shape index (κ3) is 54.9. The van der Waals surface area contributed by atoms with Crippen LogP contribution in [0.5, 0.6) is 0 Å². The molecule has 0 saturated heterocycles. The van der Waals surface area contributed by atoms with E-state index in [-0.39, 0.29) is 32.2 Å². The molecule has 414 valence electrons. The molecular weight excluding hydrogens is 887 g/mol. The molecule has 0 radical (unpaired) electrons. The summed E-state index contributed by atoms with van der Waals surface area (Å²) in [6, 6.07) is 0. The van der Waals surface area contributed by atoms with Crippen LogP contribution in [0.1, 0.15) is 271 Å². The Labute approximate surface area is 438 Å². The first kappa shape index (κ1) is 68.2. The van der Waals surface area contributed by atoms with Crippen LogP contribution in [-0.4, -0.2) is 87.4 Å². The fourth-order valence-electron chi connectivity index (χ4n) is 8.43. The second kappa shape index (κ2) is 53.5. The molecule has 0 amide bonds. The number of aliphatic carboxylic acids is 1. The summed E-state index contributed by atoms with van der Waals surface area (Å²) in [4.78, 5) is 37.4. The first-order valence-electron chi connectivity index (χ1n) is 29.8. The van der Waals surface area contributed by atoms with Gasteiger partial charge in [0.05, 0.1) is 34.4 Å². The zero-order chi connectivity index (χ0) is 52.0. The maximum absolute atomic E-state index is 12.9. The third-order valence-electron chi connectivity index (χ3n) is 13.1. The maximum Gasteiger partial charge on any atom is 0.361 e. The molecule has 0 aliphatic rings. The fourth-order valence-corrected chi connectivity index (χ4v) is 8.43. The van der Waals surface area contributed by atoms with Crippen LogP contribution in [0.25, 0.3) is 0 Å². The lowest BCUT2D eigenvalue weighted by atomic mass is 10.0. The Balaban J connectivity index is 4.17. The molecule has 9 heteroatoms. The van der Waals surface area contributed by atoms with Gasteiger partial charge in [-0.1, -0.05) is 229 Å². The van der Waals surface area contributed by atoms with Crippen LogP contribution >= 0.6 is 0 Å². The van der Waals surface area contributed by atoms with Crippen LogP contribution in [0.3, 0.4) is 0 Å². The average molecular weight is 1000 g/mol. The van der Waals surface area contributed by atoms with Crippen LogP contribution in [0, 0.1) is 0 Å². The molecule has 0 aliphatic carbocycles. The molecule has 0 rings (SSSR count). The summed E-state index contributed by atoms with van der Waals surface area (Å²) in [6.07, 6.45) is 63.3. The van der Waals surface area contributed by atoms with Crippen LogP contribution < -0.4 is 0 Å². The summed E-state index contributed by atoms with van der Waals surface area (Å²) in [6.45, 7) is 4.86. The van der Waals surface area contributed by atoms with Gasteiger partial charge in [0, 0.05) is 12.8 Å². The summed E-state index contributed by atoms with van der Waals surface area (Å²) in [5, 5.41) is 9.70. The first-order chi connectivity index (χ1) is 34.6. The van der Waals surface area contributed by atoms with Crippen molar-refractivity contribution < 1.29 is 42.9 Å². The molecule has 0 aromatic rings. The second-order valence-electron chi connectivity index (χ2n) is 21.3. The second-order valence-corrected chi connectivity index (χ2v) is 21.3. The van der Waals surface area contributed by atoms with Crippen molar-refractivity contribution >= 4 is 17.9 Å². The van der Waals surface area contributed by atoms with E-state index in [1.165, 1.54) is 180 Å². The number of carbonyl (C=O) groups excluding carboxylic acids is 2. The Hall–Kier alpha value is -2.75. The number of esters is 2. The van der Waals surface area contributed by atoms with E-state index < -0.39 is 24.3 Å². The molecule has 0 saturated carbocycles. The molecule has 2 unspecified atom stereocenters. The maximum atomic E-state index is 12.9. The van der Waals surface area contributed by atoms with Crippen LogP contribution in [0.2, 0.25) is 0 Å². The number of carbonyl (C=O) groups is 3. The molecular formula is C62H114NO8+. The van der Waals surface area contributed by atoms with Crippen LogP contribution in [0.15, 0.2) is 48.6 Å². The quantitative estimate of drug-likeness (QED) is 0.0211. The number of nitrogens with zero attached hydrogens (tertiary/aromatic N) is 1. The van der Waals surface area contributed by atoms with Crippen molar-refractivity contribution in [3.05, 3.63) is 48.6 Å². The normalized spacial score (nSPS) is 13.1. The molecule has 71 heavy (non-hydrogen) atoms. The highest BCUT2D eigenvalue weighted by molar-refractivity contribution is 5.71. The summed E-state index contributed by atoms with van der Waals surface area (Å²) < 4.78 is 22.9. The van der Waals surface area contributed by atoms with E-state index in [1.807, 2.05) is 21.1 Å². The molecule has 9 nitrogen and oxygen atoms in total. The third-order valence-corrected chi connectivity index (χ3v) is 13.1. The van der Waals surface area contributed by atoms with Crippen LogP contribution in [0.4, 0.5) is 0 Å². The Morgan fingerprint density at radius 2 is 0.761 bits per heavy atom. The molecule has 0 aromatic heterocycles. The van der Waals surface area contributed by atoms with Crippen LogP contribution in [-0.2, 0) is 33.3 Å². The minimum Gasteiger partial charge on any atom is -0.477 e. The molecule has 0 aromatic carbocycles. The zero-order valence-electron chi connectivity index (χ0n) is 47.1. The molecule has 0 heterocycles. The predicted molar refractivity (Wildman–Crippen MR) is 300 cm³/mol. The topological polar surface area (TPSA) is 108 Å². The van der Waals surface area contributed by atoms with E-state index in [1.54, 1.807) is 0 Å². The highest BCUT2D eigenvalue weighted by Crippen LogP contribution is 2.17. The lowest BCUT2D eigenvalue weighted by Crippen LogP contribution is -2.40. The van der Waals surface area contributed by atoms with Gasteiger partial charge in [0.15, 0.2) is 6.10 Å². The van der Waals surface area contributed by atoms with E-state index in [0.717, 1.165) is 64.2 Å². The zero-order valence-corrected chi connectivity index (χ0v) is 47.1. The number of hydrogen-bond donors (Lipinski definition) is 1. The van der Waals surface area contributed by atoms with Crippen molar-refractivity contribution in [1.82, 2.24) is 0 Å². The number of quaternary nitrogens is 1. The van der Waals surface area contributed by atoms with Gasteiger partial charge in [-0.05, 0) is 77.0 Å². The van der Waals surface area contributed by atoms with E-state index >= 15 is 0 Å². The molecule has 0 spiro atoms. The minimum atomic E-state index is -1.51. The predicted octanol–water partition coefficient (Wildman–Crippen LogP) is 17.5. The molecule has 1 N–H and O–H groups in total. The van der Waals surface area contributed by atoms with Crippen molar-refractivity contribution in [1.29, 1.82) is 0 Å². The number of ether oxygens (including phenoxy) is 4. The van der Waals surface area contributed by atoms with E-state index in [2.05, 4.69) is 62.5 Å². The largest absolute Gasteiger partial charge is 0.477 e. The van der Waals surface area contributed by atoms with Gasteiger partial charge in [-0.25, -0.2) is 4.79 Å². The van der Waals surface area contributed by atoms with Gasteiger partial charge in [0.25, 0.3) is 6.29 Å². The fraction of sp³-hybridized carbons (Fsp3) is 0.823. The van der Waals surface area contributed by atoms with E-state index in [0.29, 0.717) is 17.4 Å². The number of carboxylic acids is 1. The van der Waals surface area contributed by atoms with Gasteiger partial charge in [-0.3, -0.25) is 9.59 Å². The monoisotopic (exact) mass is 1000 g/mol. The Morgan fingerprint density at radius 1 is 0.423 bits per heavy atom. The SMILES string of the molecule is CCCCC/C=C\C/C=C\CCCCCCCCCC(=O)OCC(COC(OCC[N+](C)(C)C)C(=O)O)OC(=O)CCCCCCCCCCCCCCCCCCC/C=C\C/C=C\CCCCCCC. The molecule has 0 fully saturated rings. The number of allylic oxidation sites excluding steroid dienone is 8. The summed E-state index contributed by atoms with van der Waals surface area (Å²) in [7, 11) is 5.97. The highest BCUT2D eigenvalue weighted by Gasteiger charge is 2.25. The standard InChI is InChI=1S/C62H113NO8/c1-6-8-10-12-14-16-18-20-22-24-25-26-27-28-29-30-31-32-33-34-35-37-39-41-43-45-47-49-51-53-60(65)71-58(57-70-62(61(66)67)68-55-54-63(3,4)5)56-69-59(64)52-50-48-46-44-42-40-38-36-23-21-19-17-15-13-11-9-7-2/h15,17-18,20-21,23-25,58,62H,6-14,16,19,22,26-57H2,1-5H3/p+1/b17-15-,20-18-,23-21-,25-24-. The van der Waals surface area contributed by atoms with Gasteiger partial charge < -0.3 is 28.5 Å². The molecule has 0 bridgehead atoms. The number of unbranched alkanes of at least 4 members (excludes halogenated alkanes) is 32. The first-order valence-corrected chi connectivity index (χ1v) is 29.8. The van der Waals surface area contributed by atoms with Crippen molar-refractivity contribution in [3.8, 4) is 0 Å². The van der Waals surface area contributed by atoms with Gasteiger partial charge in [0.2, 0.25) is 0 Å². The Morgan fingerprint density at radius 3 is 1.14 bits per heavy atom. The van der Waals surface area contributed by atoms with Gasteiger partial charge in [0.1, 0.15) is 13.2 Å². The molecule has 0 aliphatic heterocycles. The van der Waals surface area contributed by atoms with Gasteiger partial charge in [-0.15, -0.1) is 0 Å². The van der Waals surface area contributed by atoms with E-state index in [9.17, 15) is 19.5 Å². The Bertz CT molecular complexity index is 1300. The summed E-state index contributed by atoms with van der Waals surface area (Å²) in [5.74, 6) is -2.00. The van der Waals surface area contributed by atoms with Crippen molar-refractivity contribution in [2.24, 2.45) is 0 Å². The lowest BCUT2D eigenvalue weighted by Gasteiger charge is -2.25. The van der Waals surface area contributed by atoms with Crippen molar-refractivity contribution in [3.63, 3.8) is 0 Å². The van der Waals surface area contributed by atoms with E-state index in [4.69, 9.17) is 18.9 Å². The minimum absolute atomic E-state index is 0.184. The number of hydrogen-bond acceptors (Lipinski definition) is 7. The van der Waals surface area contributed by atoms with Gasteiger partial charge >= 0.3 is 17.9 Å². The lowest BCUT2D eigenvalue weighted by molar-refractivity contribution is -0.870. The molecule has 2 atom stereocenters. The number of likely N-dealkylation sites (N-methyl/N-ethyl adjacent to an activating group) is 1. The van der Waals surface area contributed by atoms with Crippen molar-refractivity contribution in [2.45, 2.75) is 283 Å². The summed E-state index contributed by atoms with van der Waals surface area (Å²) in [5.41, 5.74) is 0.